The number of rotatable bonds is 4. The van der Waals surface area contributed by atoms with E-state index in [1.807, 2.05) is 48.5 Å². The minimum atomic E-state index is 0.744. The molecule has 0 radical (unpaired) electrons. The van der Waals surface area contributed by atoms with Gasteiger partial charge in [0.25, 0.3) is 0 Å². The summed E-state index contributed by atoms with van der Waals surface area (Å²) < 4.78 is 1.04. The first-order valence-electron chi connectivity index (χ1n) is 6.88. The molecule has 0 saturated heterocycles. The van der Waals surface area contributed by atoms with Crippen LogP contribution in [0.1, 0.15) is 5.56 Å². The van der Waals surface area contributed by atoms with Crippen LogP contribution in [-0.4, -0.2) is 9.97 Å². The second-order valence-corrected chi connectivity index (χ2v) is 5.78. The Morgan fingerprint density at radius 1 is 0.864 bits per heavy atom. The van der Waals surface area contributed by atoms with Crippen molar-refractivity contribution in [1.29, 1.82) is 0 Å². The molecule has 0 bridgehead atoms. The molecular formula is C17H15BrN4. The quantitative estimate of drug-likeness (QED) is 0.689. The van der Waals surface area contributed by atoms with Crippen LogP contribution in [-0.2, 0) is 0 Å². The van der Waals surface area contributed by atoms with E-state index in [0.29, 0.717) is 0 Å². The maximum Gasteiger partial charge on any atom is 0.135 e. The molecule has 0 aliphatic carbocycles. The van der Waals surface area contributed by atoms with Crippen molar-refractivity contribution in [3.63, 3.8) is 0 Å². The highest BCUT2D eigenvalue weighted by atomic mass is 79.9. The minimum absolute atomic E-state index is 0.744. The highest BCUT2D eigenvalue weighted by molar-refractivity contribution is 9.10. The smallest absolute Gasteiger partial charge is 0.135 e. The van der Waals surface area contributed by atoms with Crippen LogP contribution in [0.2, 0.25) is 0 Å². The average Bonchev–Trinajstić information content (AvgIpc) is 2.52. The van der Waals surface area contributed by atoms with Gasteiger partial charge in [-0.25, -0.2) is 9.97 Å². The van der Waals surface area contributed by atoms with E-state index in [9.17, 15) is 0 Å². The zero-order valence-corrected chi connectivity index (χ0v) is 13.6. The van der Waals surface area contributed by atoms with Crippen LogP contribution in [0.4, 0.5) is 23.0 Å². The number of anilines is 4. The Kier molecular flexibility index (Phi) is 4.34. The molecule has 0 aliphatic rings. The molecule has 0 fully saturated rings. The van der Waals surface area contributed by atoms with Gasteiger partial charge in [0, 0.05) is 21.9 Å². The number of halogens is 1. The van der Waals surface area contributed by atoms with Gasteiger partial charge >= 0.3 is 0 Å². The van der Waals surface area contributed by atoms with E-state index in [2.05, 4.69) is 49.5 Å². The first kappa shape index (κ1) is 14.5. The Balaban J connectivity index is 1.78. The van der Waals surface area contributed by atoms with Crippen LogP contribution in [0, 0.1) is 6.92 Å². The third kappa shape index (κ3) is 3.62. The van der Waals surface area contributed by atoms with Gasteiger partial charge < -0.3 is 10.6 Å². The predicted octanol–water partition coefficient (Wildman–Crippen LogP) is 5.03. The second-order valence-electron chi connectivity index (χ2n) is 4.86. The van der Waals surface area contributed by atoms with Gasteiger partial charge in [0.1, 0.15) is 18.0 Å². The molecule has 0 atom stereocenters. The highest BCUT2D eigenvalue weighted by Gasteiger charge is 2.02. The van der Waals surface area contributed by atoms with Gasteiger partial charge in [-0.15, -0.1) is 0 Å². The van der Waals surface area contributed by atoms with E-state index in [4.69, 9.17) is 0 Å². The molecule has 3 aromatic rings. The van der Waals surface area contributed by atoms with Crippen molar-refractivity contribution in [1.82, 2.24) is 9.97 Å². The Morgan fingerprint density at radius 2 is 1.55 bits per heavy atom. The van der Waals surface area contributed by atoms with Crippen molar-refractivity contribution in [2.24, 2.45) is 0 Å². The lowest BCUT2D eigenvalue weighted by Crippen LogP contribution is -1.99. The van der Waals surface area contributed by atoms with Gasteiger partial charge in [-0.2, -0.15) is 0 Å². The molecule has 1 aromatic heterocycles. The monoisotopic (exact) mass is 354 g/mol. The summed E-state index contributed by atoms with van der Waals surface area (Å²) in [5.74, 6) is 1.50. The van der Waals surface area contributed by atoms with Crippen molar-refractivity contribution >= 4 is 38.9 Å². The molecule has 0 aliphatic heterocycles. The maximum absolute atomic E-state index is 4.26. The molecule has 0 unspecified atom stereocenters. The highest BCUT2D eigenvalue weighted by Crippen LogP contribution is 2.22. The van der Waals surface area contributed by atoms with Gasteiger partial charge in [-0.3, -0.25) is 0 Å². The number of nitrogens with one attached hydrogen (secondary N) is 2. The van der Waals surface area contributed by atoms with E-state index in [1.165, 1.54) is 5.56 Å². The van der Waals surface area contributed by atoms with Crippen LogP contribution < -0.4 is 10.6 Å². The molecule has 3 rings (SSSR count). The molecule has 110 valence electrons. The minimum Gasteiger partial charge on any atom is -0.340 e. The van der Waals surface area contributed by atoms with Gasteiger partial charge in [0.15, 0.2) is 0 Å². The summed E-state index contributed by atoms with van der Waals surface area (Å²) in [6, 6.07) is 17.9. The maximum atomic E-state index is 4.26. The number of nitrogens with zero attached hydrogens (tertiary/aromatic N) is 2. The number of para-hydroxylation sites is 1. The number of aryl methyl sites for hydroxylation is 1. The van der Waals surface area contributed by atoms with E-state index in [0.717, 1.165) is 27.5 Å². The Hall–Kier alpha value is -2.40. The number of aromatic nitrogens is 2. The summed E-state index contributed by atoms with van der Waals surface area (Å²) in [5, 5.41) is 6.57. The molecule has 0 saturated carbocycles. The molecular weight excluding hydrogens is 340 g/mol. The Labute approximate surface area is 137 Å². The summed E-state index contributed by atoms with van der Waals surface area (Å²) in [4.78, 5) is 8.51. The van der Waals surface area contributed by atoms with Crippen LogP contribution >= 0.6 is 15.9 Å². The van der Waals surface area contributed by atoms with Gasteiger partial charge in [0.2, 0.25) is 0 Å². The van der Waals surface area contributed by atoms with Gasteiger partial charge in [-0.1, -0.05) is 34.1 Å². The lowest BCUT2D eigenvalue weighted by Gasteiger charge is -2.10. The summed E-state index contributed by atoms with van der Waals surface area (Å²) in [6.45, 7) is 2.06. The zero-order valence-electron chi connectivity index (χ0n) is 12.0. The third-order valence-electron chi connectivity index (χ3n) is 3.19. The number of benzene rings is 2. The summed E-state index contributed by atoms with van der Waals surface area (Å²) in [7, 11) is 0. The van der Waals surface area contributed by atoms with E-state index >= 15 is 0 Å². The van der Waals surface area contributed by atoms with Crippen molar-refractivity contribution in [3.8, 4) is 0 Å². The van der Waals surface area contributed by atoms with Crippen LogP contribution in [0.25, 0.3) is 0 Å². The largest absolute Gasteiger partial charge is 0.340 e. The zero-order chi connectivity index (χ0) is 15.4. The number of hydrogen-bond acceptors (Lipinski definition) is 4. The Bertz CT molecular complexity index is 772. The van der Waals surface area contributed by atoms with Crippen LogP contribution in [0.5, 0.6) is 0 Å². The lowest BCUT2D eigenvalue weighted by atomic mass is 10.2. The van der Waals surface area contributed by atoms with Crippen molar-refractivity contribution in [2.75, 3.05) is 10.6 Å². The van der Waals surface area contributed by atoms with Gasteiger partial charge in [0.05, 0.1) is 0 Å². The van der Waals surface area contributed by atoms with Gasteiger partial charge in [-0.05, 0) is 42.8 Å². The summed E-state index contributed by atoms with van der Waals surface area (Å²) in [6.07, 6.45) is 1.54. The first-order chi connectivity index (χ1) is 10.7. The molecule has 4 nitrogen and oxygen atoms in total. The van der Waals surface area contributed by atoms with Crippen molar-refractivity contribution in [3.05, 3.63) is 71.0 Å². The fraction of sp³-hybridized carbons (Fsp3) is 0.0588. The van der Waals surface area contributed by atoms with E-state index in [-0.39, 0.29) is 0 Å². The SMILES string of the molecule is Cc1ccccc1Nc1cc(Nc2ccc(Br)cc2)ncn1. The molecule has 22 heavy (non-hydrogen) atoms. The predicted molar refractivity (Wildman–Crippen MR) is 93.9 cm³/mol. The molecule has 2 aromatic carbocycles. The number of hydrogen-bond donors (Lipinski definition) is 2. The molecule has 2 N–H and O–H groups in total. The molecule has 0 spiro atoms. The summed E-state index contributed by atoms with van der Waals surface area (Å²) >= 11 is 3.42. The first-order valence-corrected chi connectivity index (χ1v) is 7.67. The third-order valence-corrected chi connectivity index (χ3v) is 3.72. The Morgan fingerprint density at radius 3 is 2.27 bits per heavy atom. The standard InChI is InChI=1S/C17H15BrN4/c1-12-4-2-3-5-15(12)22-17-10-16(19-11-20-17)21-14-8-6-13(18)7-9-14/h2-11H,1H3,(H2,19,20,21,22). The average molecular weight is 355 g/mol. The van der Waals surface area contributed by atoms with Crippen molar-refractivity contribution in [2.45, 2.75) is 6.92 Å². The molecule has 1 heterocycles. The second kappa shape index (κ2) is 6.58. The molecule has 5 heteroatoms. The topological polar surface area (TPSA) is 49.8 Å². The lowest BCUT2D eigenvalue weighted by molar-refractivity contribution is 1.16. The van der Waals surface area contributed by atoms with Crippen molar-refractivity contribution < 1.29 is 0 Å². The van der Waals surface area contributed by atoms with E-state index < -0.39 is 0 Å². The van der Waals surface area contributed by atoms with Crippen LogP contribution in [0.3, 0.4) is 0 Å². The fourth-order valence-corrected chi connectivity index (χ4v) is 2.29. The summed E-state index contributed by atoms with van der Waals surface area (Å²) in [5.41, 5.74) is 3.18. The normalized spacial score (nSPS) is 10.3. The molecule has 0 amide bonds. The van der Waals surface area contributed by atoms with Crippen LogP contribution in [0.15, 0.2) is 65.4 Å². The fourth-order valence-electron chi connectivity index (χ4n) is 2.03. The van der Waals surface area contributed by atoms with E-state index in [1.54, 1.807) is 6.33 Å².